The predicted octanol–water partition coefficient (Wildman–Crippen LogP) is 4.37. The quantitative estimate of drug-likeness (QED) is 0.768. The Balaban J connectivity index is 1.70. The van der Waals surface area contributed by atoms with E-state index in [2.05, 4.69) is 26.1 Å². The first-order valence-corrected chi connectivity index (χ1v) is 7.91. The van der Waals surface area contributed by atoms with Gasteiger partial charge in [-0.1, -0.05) is 33.6 Å². The summed E-state index contributed by atoms with van der Waals surface area (Å²) >= 11 is 0. The van der Waals surface area contributed by atoms with Crippen LogP contribution >= 0.6 is 0 Å². The molecule has 0 aromatic rings. The summed E-state index contributed by atoms with van der Waals surface area (Å²) in [5.41, 5.74) is 0. The summed E-state index contributed by atoms with van der Waals surface area (Å²) in [6.45, 7) is 7.20. The summed E-state index contributed by atoms with van der Waals surface area (Å²) in [6, 6.07) is 1.67. The average molecular weight is 237 g/mol. The third-order valence-electron chi connectivity index (χ3n) is 5.12. The fourth-order valence-electron chi connectivity index (χ4n) is 3.87. The van der Waals surface area contributed by atoms with Crippen molar-refractivity contribution in [2.24, 2.45) is 17.8 Å². The van der Waals surface area contributed by atoms with Gasteiger partial charge < -0.3 is 5.32 Å². The molecule has 1 N–H and O–H groups in total. The summed E-state index contributed by atoms with van der Waals surface area (Å²) in [4.78, 5) is 0. The fourth-order valence-corrected chi connectivity index (χ4v) is 3.87. The number of rotatable bonds is 3. The summed E-state index contributed by atoms with van der Waals surface area (Å²) in [5.74, 6) is 2.84. The molecule has 2 rings (SSSR count). The molecule has 0 saturated heterocycles. The highest BCUT2D eigenvalue weighted by atomic mass is 15.0. The lowest BCUT2D eigenvalue weighted by Crippen LogP contribution is -2.42. The van der Waals surface area contributed by atoms with Gasteiger partial charge in [-0.3, -0.25) is 0 Å². The molecule has 0 bridgehead atoms. The molecule has 2 saturated carbocycles. The van der Waals surface area contributed by atoms with Crippen LogP contribution in [0.25, 0.3) is 0 Å². The molecular formula is C16H31N. The molecule has 2 unspecified atom stereocenters. The monoisotopic (exact) mass is 237 g/mol. The summed E-state index contributed by atoms with van der Waals surface area (Å²) < 4.78 is 0. The van der Waals surface area contributed by atoms with E-state index in [1.165, 1.54) is 51.4 Å². The maximum atomic E-state index is 3.95. The van der Waals surface area contributed by atoms with E-state index in [4.69, 9.17) is 0 Å². The minimum absolute atomic E-state index is 0.833. The minimum atomic E-state index is 0.833. The molecule has 17 heavy (non-hydrogen) atoms. The molecule has 2 aliphatic carbocycles. The van der Waals surface area contributed by atoms with Crippen molar-refractivity contribution in [1.29, 1.82) is 0 Å². The normalized spacial score (nSPS) is 39.5. The van der Waals surface area contributed by atoms with Crippen molar-refractivity contribution in [1.82, 2.24) is 5.32 Å². The van der Waals surface area contributed by atoms with Crippen LogP contribution in [-0.2, 0) is 0 Å². The molecule has 0 aliphatic heterocycles. The second kappa shape index (κ2) is 6.22. The Morgan fingerprint density at radius 2 is 1.59 bits per heavy atom. The summed E-state index contributed by atoms with van der Waals surface area (Å²) in [7, 11) is 0. The Bertz CT molecular complexity index is 216. The van der Waals surface area contributed by atoms with Gasteiger partial charge in [0.1, 0.15) is 0 Å². The molecular weight excluding hydrogens is 206 g/mol. The molecule has 0 aromatic heterocycles. The molecule has 0 spiro atoms. The Morgan fingerprint density at radius 3 is 2.18 bits per heavy atom. The predicted molar refractivity (Wildman–Crippen MR) is 75.1 cm³/mol. The highest BCUT2D eigenvalue weighted by molar-refractivity contribution is 4.84. The number of hydrogen-bond acceptors (Lipinski definition) is 1. The van der Waals surface area contributed by atoms with E-state index >= 15 is 0 Å². The number of hydrogen-bond donors (Lipinski definition) is 1. The Kier molecular flexibility index (Phi) is 4.90. The average Bonchev–Trinajstić information content (AvgIpc) is 2.29. The van der Waals surface area contributed by atoms with Gasteiger partial charge in [0.2, 0.25) is 0 Å². The van der Waals surface area contributed by atoms with Gasteiger partial charge >= 0.3 is 0 Å². The Morgan fingerprint density at radius 1 is 0.882 bits per heavy atom. The van der Waals surface area contributed by atoms with E-state index in [1.807, 2.05) is 0 Å². The van der Waals surface area contributed by atoms with E-state index in [0.29, 0.717) is 0 Å². The van der Waals surface area contributed by atoms with Crippen LogP contribution in [-0.4, -0.2) is 12.1 Å². The lowest BCUT2D eigenvalue weighted by atomic mass is 9.79. The van der Waals surface area contributed by atoms with Crippen LogP contribution in [0, 0.1) is 17.8 Å². The van der Waals surface area contributed by atoms with Crippen molar-refractivity contribution in [2.45, 2.75) is 84.2 Å². The van der Waals surface area contributed by atoms with Crippen LogP contribution < -0.4 is 5.32 Å². The first-order valence-electron chi connectivity index (χ1n) is 7.91. The van der Waals surface area contributed by atoms with Gasteiger partial charge in [0.25, 0.3) is 0 Å². The molecule has 100 valence electrons. The molecule has 2 aliphatic rings. The zero-order chi connectivity index (χ0) is 12.3. The third-order valence-corrected chi connectivity index (χ3v) is 5.12. The maximum absolute atomic E-state index is 3.95. The minimum Gasteiger partial charge on any atom is -0.311 e. The Hall–Kier alpha value is -0.0400. The van der Waals surface area contributed by atoms with Crippen molar-refractivity contribution in [3.8, 4) is 0 Å². The smallest absolute Gasteiger partial charge is 0.00721 e. The largest absolute Gasteiger partial charge is 0.311 e. The van der Waals surface area contributed by atoms with Crippen molar-refractivity contribution in [3.63, 3.8) is 0 Å². The molecule has 2 fully saturated rings. The molecule has 2 atom stereocenters. The zero-order valence-corrected chi connectivity index (χ0v) is 12.0. The standard InChI is InChI=1S/C16H31N/c1-12(2)14-7-9-15(10-8-14)17-16-6-4-5-13(3)11-16/h12-17H,4-11H2,1-3H3. The van der Waals surface area contributed by atoms with Gasteiger partial charge in [-0.15, -0.1) is 0 Å². The molecule has 0 aromatic carbocycles. The third kappa shape index (κ3) is 3.98. The van der Waals surface area contributed by atoms with Crippen molar-refractivity contribution in [2.75, 3.05) is 0 Å². The van der Waals surface area contributed by atoms with Crippen LogP contribution in [0.5, 0.6) is 0 Å². The summed E-state index contributed by atoms with van der Waals surface area (Å²) in [6.07, 6.45) is 11.5. The summed E-state index contributed by atoms with van der Waals surface area (Å²) in [5, 5.41) is 3.95. The van der Waals surface area contributed by atoms with Crippen LogP contribution in [0.2, 0.25) is 0 Å². The lowest BCUT2D eigenvalue weighted by molar-refractivity contribution is 0.206. The van der Waals surface area contributed by atoms with E-state index in [1.54, 1.807) is 0 Å². The molecule has 1 nitrogen and oxygen atoms in total. The van der Waals surface area contributed by atoms with Gasteiger partial charge in [-0.25, -0.2) is 0 Å². The van der Waals surface area contributed by atoms with Crippen molar-refractivity contribution < 1.29 is 0 Å². The van der Waals surface area contributed by atoms with E-state index in [0.717, 1.165) is 29.8 Å². The van der Waals surface area contributed by atoms with E-state index in [-0.39, 0.29) is 0 Å². The zero-order valence-electron chi connectivity index (χ0n) is 12.0. The fraction of sp³-hybridized carbons (Fsp3) is 1.00. The second-order valence-corrected chi connectivity index (χ2v) is 6.99. The van der Waals surface area contributed by atoms with E-state index < -0.39 is 0 Å². The first kappa shape index (κ1) is 13.4. The van der Waals surface area contributed by atoms with Crippen LogP contribution in [0.4, 0.5) is 0 Å². The SMILES string of the molecule is CC1CCCC(NC2CCC(C(C)C)CC2)C1. The van der Waals surface area contributed by atoms with Crippen LogP contribution in [0.1, 0.15) is 72.1 Å². The maximum Gasteiger partial charge on any atom is 0.00721 e. The molecule has 0 heterocycles. The first-order chi connectivity index (χ1) is 8.15. The lowest BCUT2D eigenvalue weighted by Gasteiger charge is -2.36. The van der Waals surface area contributed by atoms with E-state index in [9.17, 15) is 0 Å². The molecule has 1 heteroatoms. The number of nitrogens with one attached hydrogen (secondary N) is 1. The Labute approximate surface area is 108 Å². The van der Waals surface area contributed by atoms with Gasteiger partial charge in [0, 0.05) is 12.1 Å². The van der Waals surface area contributed by atoms with Crippen LogP contribution in [0.15, 0.2) is 0 Å². The van der Waals surface area contributed by atoms with Crippen molar-refractivity contribution in [3.05, 3.63) is 0 Å². The van der Waals surface area contributed by atoms with Crippen LogP contribution in [0.3, 0.4) is 0 Å². The van der Waals surface area contributed by atoms with Crippen molar-refractivity contribution >= 4 is 0 Å². The van der Waals surface area contributed by atoms with Gasteiger partial charge in [0.15, 0.2) is 0 Å². The van der Waals surface area contributed by atoms with Gasteiger partial charge in [-0.05, 0) is 56.3 Å². The molecule has 0 radical (unpaired) electrons. The highest BCUT2D eigenvalue weighted by Crippen LogP contribution is 2.31. The topological polar surface area (TPSA) is 12.0 Å². The molecule has 0 amide bonds. The second-order valence-electron chi connectivity index (χ2n) is 6.99. The van der Waals surface area contributed by atoms with Gasteiger partial charge in [0.05, 0.1) is 0 Å². The van der Waals surface area contributed by atoms with Gasteiger partial charge in [-0.2, -0.15) is 0 Å². The highest BCUT2D eigenvalue weighted by Gasteiger charge is 2.26.